The van der Waals surface area contributed by atoms with Gasteiger partial charge in [0.2, 0.25) is 16.2 Å². The number of fused-ring (bicyclic) bond motifs is 3. The minimum absolute atomic E-state index is 0.165. The van der Waals surface area contributed by atoms with Crippen molar-refractivity contribution in [2.45, 2.75) is 51.2 Å². The summed E-state index contributed by atoms with van der Waals surface area (Å²) in [4.78, 5) is 17.0. The number of para-hydroxylation sites is 1. The summed E-state index contributed by atoms with van der Waals surface area (Å²) in [5.41, 5.74) is 2.72. The normalized spacial score (nSPS) is 11.6. The van der Waals surface area contributed by atoms with Gasteiger partial charge in [0.25, 0.3) is 0 Å². The Morgan fingerprint density at radius 3 is 2.80 bits per heavy atom. The zero-order chi connectivity index (χ0) is 21.1. The Balaban J connectivity index is 1.51. The molecule has 1 amide bonds. The molecule has 156 valence electrons. The highest BCUT2D eigenvalue weighted by atomic mass is 32.2. The fourth-order valence-corrected chi connectivity index (χ4v) is 4.44. The Bertz CT molecular complexity index is 1180. The third kappa shape index (κ3) is 4.29. The molecule has 3 heterocycles. The lowest BCUT2D eigenvalue weighted by molar-refractivity contribution is -0.113. The molecule has 0 spiro atoms. The van der Waals surface area contributed by atoms with E-state index in [1.54, 1.807) is 0 Å². The summed E-state index contributed by atoms with van der Waals surface area (Å²) in [5, 5.41) is 22.5. The maximum absolute atomic E-state index is 12.3. The highest BCUT2D eigenvalue weighted by Crippen LogP contribution is 2.28. The number of aryl methyl sites for hydroxylation is 1. The van der Waals surface area contributed by atoms with Crippen molar-refractivity contribution in [3.8, 4) is 0 Å². The van der Waals surface area contributed by atoms with Gasteiger partial charge in [0.15, 0.2) is 5.65 Å². The lowest BCUT2D eigenvalue weighted by atomic mass is 10.2. The molecule has 4 aromatic rings. The number of thioether (sulfide) groups is 1. The van der Waals surface area contributed by atoms with Gasteiger partial charge in [-0.15, -0.1) is 20.4 Å². The number of rotatable bonds is 8. The van der Waals surface area contributed by atoms with Crippen molar-refractivity contribution in [1.29, 1.82) is 0 Å². The Hall–Kier alpha value is -2.59. The molecule has 0 saturated heterocycles. The van der Waals surface area contributed by atoms with Crippen LogP contribution in [-0.4, -0.2) is 41.6 Å². The van der Waals surface area contributed by atoms with Crippen LogP contribution in [0.1, 0.15) is 44.5 Å². The van der Waals surface area contributed by atoms with Crippen LogP contribution < -0.4 is 5.32 Å². The molecule has 30 heavy (non-hydrogen) atoms. The first-order valence-electron chi connectivity index (χ1n) is 9.94. The van der Waals surface area contributed by atoms with Crippen LogP contribution in [0, 0.1) is 0 Å². The number of hydrogen-bond donors (Lipinski definition) is 1. The smallest absolute Gasteiger partial charge is 0.236 e. The first-order valence-corrected chi connectivity index (χ1v) is 11.7. The van der Waals surface area contributed by atoms with Gasteiger partial charge in [0, 0.05) is 17.8 Å². The van der Waals surface area contributed by atoms with E-state index in [1.807, 2.05) is 32.0 Å². The van der Waals surface area contributed by atoms with E-state index in [0.29, 0.717) is 10.3 Å². The van der Waals surface area contributed by atoms with Gasteiger partial charge < -0.3 is 4.57 Å². The highest BCUT2D eigenvalue weighted by molar-refractivity contribution is 7.99. The van der Waals surface area contributed by atoms with Crippen molar-refractivity contribution in [1.82, 2.24) is 29.9 Å². The molecule has 0 aliphatic heterocycles. The maximum Gasteiger partial charge on any atom is 0.236 e. The zero-order valence-corrected chi connectivity index (χ0v) is 18.8. The number of amides is 1. The number of carbonyl (C=O) groups is 1. The van der Waals surface area contributed by atoms with Gasteiger partial charge in [0.05, 0.1) is 11.3 Å². The molecular weight excluding hydrogens is 418 g/mol. The molecule has 0 aliphatic rings. The van der Waals surface area contributed by atoms with Gasteiger partial charge in [-0.05, 0) is 12.5 Å². The molecule has 8 nitrogen and oxygen atoms in total. The van der Waals surface area contributed by atoms with Crippen LogP contribution in [0.15, 0.2) is 29.4 Å². The van der Waals surface area contributed by atoms with Crippen LogP contribution in [0.25, 0.3) is 22.1 Å². The molecule has 1 N–H and O–H groups in total. The fourth-order valence-electron chi connectivity index (χ4n) is 3.10. The molecule has 3 aromatic heterocycles. The molecule has 1 aromatic carbocycles. The molecule has 0 unspecified atom stereocenters. The van der Waals surface area contributed by atoms with Crippen molar-refractivity contribution < 1.29 is 4.79 Å². The van der Waals surface area contributed by atoms with Gasteiger partial charge in [0.1, 0.15) is 10.5 Å². The van der Waals surface area contributed by atoms with E-state index >= 15 is 0 Å². The van der Waals surface area contributed by atoms with E-state index < -0.39 is 0 Å². The van der Waals surface area contributed by atoms with Crippen molar-refractivity contribution in [2.75, 3.05) is 11.1 Å². The number of anilines is 1. The van der Waals surface area contributed by atoms with Crippen molar-refractivity contribution in [3.63, 3.8) is 0 Å². The molecule has 0 aliphatic carbocycles. The summed E-state index contributed by atoms with van der Waals surface area (Å²) in [6.07, 6.45) is 2.15. The monoisotopic (exact) mass is 441 g/mol. The maximum atomic E-state index is 12.3. The van der Waals surface area contributed by atoms with Gasteiger partial charge in [-0.2, -0.15) is 0 Å². The number of benzene rings is 1. The van der Waals surface area contributed by atoms with E-state index in [9.17, 15) is 4.79 Å². The lowest BCUT2D eigenvalue weighted by Crippen LogP contribution is -2.14. The number of hydrogen-bond acceptors (Lipinski definition) is 8. The Labute approximate surface area is 182 Å². The average Bonchev–Trinajstić information content (AvgIpc) is 3.33. The number of nitrogens with zero attached hydrogens (tertiary/aromatic N) is 6. The van der Waals surface area contributed by atoms with Gasteiger partial charge >= 0.3 is 0 Å². The highest BCUT2D eigenvalue weighted by Gasteiger charge is 2.16. The van der Waals surface area contributed by atoms with Gasteiger partial charge in [-0.3, -0.25) is 10.1 Å². The molecule has 0 fully saturated rings. The number of nitrogens with one attached hydrogen (secondary N) is 1. The van der Waals surface area contributed by atoms with Crippen molar-refractivity contribution >= 4 is 56.2 Å². The summed E-state index contributed by atoms with van der Waals surface area (Å²) < 4.78 is 2.20. The van der Waals surface area contributed by atoms with E-state index in [0.717, 1.165) is 46.5 Å². The first-order chi connectivity index (χ1) is 14.6. The number of carbonyl (C=O) groups excluding carboxylic acids is 1. The van der Waals surface area contributed by atoms with Crippen molar-refractivity contribution in [3.05, 3.63) is 29.3 Å². The van der Waals surface area contributed by atoms with Crippen LogP contribution in [0.4, 0.5) is 5.13 Å². The number of aromatic nitrogens is 6. The minimum atomic E-state index is -0.165. The largest absolute Gasteiger partial charge is 0.324 e. The first kappa shape index (κ1) is 20.7. The third-order valence-electron chi connectivity index (χ3n) is 4.60. The van der Waals surface area contributed by atoms with Gasteiger partial charge in [-0.1, -0.05) is 68.5 Å². The summed E-state index contributed by atoms with van der Waals surface area (Å²) in [6.45, 7) is 7.13. The Morgan fingerprint density at radius 1 is 1.20 bits per heavy atom. The third-order valence-corrected chi connectivity index (χ3v) is 6.58. The molecular formula is C20H23N7OS2. The van der Waals surface area contributed by atoms with E-state index in [1.165, 1.54) is 23.1 Å². The summed E-state index contributed by atoms with van der Waals surface area (Å²) in [5.74, 6) is 0.300. The quantitative estimate of drug-likeness (QED) is 0.402. The second-order valence-corrected chi connectivity index (χ2v) is 9.18. The predicted molar refractivity (Wildman–Crippen MR) is 121 cm³/mol. The standard InChI is InChI=1S/C20H23N7OS2/c1-4-5-10-27-14-9-7-6-8-13(14)16-17(27)22-19(25-23-16)29-11-15(28)21-20-26-24-18(30-20)12(2)3/h6-9,12H,4-5,10-11H2,1-3H3,(H,21,26,28). The molecule has 0 radical (unpaired) electrons. The molecule has 4 rings (SSSR count). The SMILES string of the molecule is CCCCn1c2ccccc2c2nnc(SCC(=O)Nc3nnc(C(C)C)s3)nc21. The van der Waals surface area contributed by atoms with Gasteiger partial charge in [-0.25, -0.2) is 4.98 Å². The average molecular weight is 442 g/mol. The van der Waals surface area contributed by atoms with Crippen LogP contribution in [0.2, 0.25) is 0 Å². The molecule has 0 bridgehead atoms. The minimum Gasteiger partial charge on any atom is -0.324 e. The van der Waals surface area contributed by atoms with Crippen molar-refractivity contribution in [2.24, 2.45) is 0 Å². The van der Waals surface area contributed by atoms with Crippen LogP contribution in [-0.2, 0) is 11.3 Å². The number of unbranched alkanes of at least 4 members (excludes halogenated alkanes) is 1. The second-order valence-electron chi connectivity index (χ2n) is 7.23. The fraction of sp³-hybridized carbons (Fsp3) is 0.400. The summed E-state index contributed by atoms with van der Waals surface area (Å²) in [6, 6.07) is 8.15. The predicted octanol–water partition coefficient (Wildman–Crippen LogP) is 4.49. The summed E-state index contributed by atoms with van der Waals surface area (Å²) in [7, 11) is 0. The van der Waals surface area contributed by atoms with Crippen LogP contribution >= 0.6 is 23.1 Å². The van der Waals surface area contributed by atoms with Crippen LogP contribution in [0.3, 0.4) is 0 Å². The Kier molecular flexibility index (Phi) is 6.24. The zero-order valence-electron chi connectivity index (χ0n) is 17.1. The topological polar surface area (TPSA) is 98.5 Å². The second kappa shape index (κ2) is 9.05. The molecule has 10 heteroatoms. The van der Waals surface area contributed by atoms with E-state index in [4.69, 9.17) is 4.98 Å². The lowest BCUT2D eigenvalue weighted by Gasteiger charge is -2.05. The molecule has 0 saturated carbocycles. The summed E-state index contributed by atoms with van der Waals surface area (Å²) >= 11 is 2.66. The Morgan fingerprint density at radius 2 is 2.03 bits per heavy atom. The van der Waals surface area contributed by atoms with E-state index in [-0.39, 0.29) is 17.6 Å². The van der Waals surface area contributed by atoms with E-state index in [2.05, 4.69) is 43.3 Å². The molecule has 0 atom stereocenters. The van der Waals surface area contributed by atoms with Crippen LogP contribution in [0.5, 0.6) is 0 Å².